The van der Waals surface area contributed by atoms with Gasteiger partial charge < -0.3 is 0 Å². The average molecular weight is 258 g/mol. The molecule has 0 aliphatic heterocycles. The first-order chi connectivity index (χ1) is 7.22. The van der Waals surface area contributed by atoms with Gasteiger partial charge >= 0.3 is 0 Å². The van der Waals surface area contributed by atoms with E-state index in [4.69, 9.17) is 0 Å². The summed E-state index contributed by atoms with van der Waals surface area (Å²) < 4.78 is 0. The zero-order valence-electron chi connectivity index (χ0n) is 8.01. The molecule has 0 bridgehead atoms. The maximum absolute atomic E-state index is 11.4. The van der Waals surface area contributed by atoms with E-state index in [0.29, 0.717) is 12.6 Å². The zero-order valence-corrected chi connectivity index (χ0v) is 10.8. The lowest BCUT2D eigenvalue weighted by atomic mass is 10.2. The molecule has 0 N–H and O–H groups in total. The molecule has 1 aromatic carbocycles. The zero-order chi connectivity index (χ0) is 11.1. The Kier molecular flexibility index (Phi) is 5.99. The second-order valence-corrected chi connectivity index (χ2v) is 5.43. The lowest BCUT2D eigenvalue weighted by Gasteiger charge is -1.98. The van der Waals surface area contributed by atoms with Crippen LogP contribution in [0.5, 0.6) is 0 Å². The van der Waals surface area contributed by atoms with E-state index >= 15 is 0 Å². The first-order valence-electron chi connectivity index (χ1n) is 4.36. The molecule has 0 saturated carbocycles. The summed E-state index contributed by atoms with van der Waals surface area (Å²) in [6, 6.07) is 9.51. The molecule has 0 aliphatic rings. The van der Waals surface area contributed by atoms with Crippen molar-refractivity contribution in [1.82, 2.24) is 0 Å². The Bertz CT molecular complexity index is 341. The van der Waals surface area contributed by atoms with Crippen molar-refractivity contribution >= 4 is 41.1 Å². The number of hydrogen-bond donors (Lipinski definition) is 0. The maximum atomic E-state index is 11.4. The molecule has 0 aromatic heterocycles. The predicted octanol–water partition coefficient (Wildman–Crippen LogP) is 2.54. The van der Waals surface area contributed by atoms with Crippen molar-refractivity contribution < 1.29 is 9.59 Å². The van der Waals surface area contributed by atoms with Gasteiger partial charge in [-0.1, -0.05) is 30.3 Å². The van der Waals surface area contributed by atoms with Crippen LogP contribution in [0.3, 0.4) is 0 Å². The van der Waals surface area contributed by atoms with E-state index in [2.05, 4.69) is 9.24 Å². The third kappa shape index (κ3) is 5.36. The fourth-order valence-corrected chi connectivity index (χ4v) is 2.95. The second kappa shape index (κ2) is 7.04. The summed E-state index contributed by atoms with van der Waals surface area (Å²) in [7, 11) is 4.37. The summed E-state index contributed by atoms with van der Waals surface area (Å²) in [6.07, 6.45) is 0.763. The van der Waals surface area contributed by atoms with Gasteiger partial charge in [0.2, 0.25) is 10.2 Å². The van der Waals surface area contributed by atoms with Crippen molar-refractivity contribution in [2.45, 2.75) is 6.42 Å². The van der Waals surface area contributed by atoms with Gasteiger partial charge in [0.05, 0.1) is 0 Å². The minimum absolute atomic E-state index is 0.00594. The summed E-state index contributed by atoms with van der Waals surface area (Å²) in [5, 5.41) is 0.0180. The highest BCUT2D eigenvalue weighted by molar-refractivity contribution is 8.87. The second-order valence-electron chi connectivity index (χ2n) is 2.78. The van der Waals surface area contributed by atoms with Crippen molar-refractivity contribution in [2.24, 2.45) is 0 Å². The Morgan fingerprint density at radius 2 is 1.67 bits per heavy atom. The van der Waals surface area contributed by atoms with Crippen LogP contribution < -0.4 is 0 Å². The van der Waals surface area contributed by atoms with Gasteiger partial charge in [0.25, 0.3) is 0 Å². The van der Waals surface area contributed by atoms with E-state index < -0.39 is 0 Å². The highest BCUT2D eigenvalue weighted by Gasteiger charge is 2.07. The monoisotopic (exact) mass is 258 g/mol. The molecular weight excluding hydrogens is 247 g/mol. The van der Waals surface area contributed by atoms with Gasteiger partial charge in [-0.15, -0.1) is 9.24 Å². The number of rotatable bonds is 3. The van der Waals surface area contributed by atoms with Gasteiger partial charge in [-0.3, -0.25) is 9.59 Å². The van der Waals surface area contributed by atoms with E-state index in [9.17, 15) is 9.59 Å². The van der Waals surface area contributed by atoms with Crippen molar-refractivity contribution in [3.63, 3.8) is 0 Å². The smallest absolute Gasteiger partial charge is 0.204 e. The minimum atomic E-state index is 0.00594. The Labute approximate surface area is 99.2 Å². The van der Waals surface area contributed by atoms with Crippen molar-refractivity contribution in [2.75, 3.05) is 6.16 Å². The van der Waals surface area contributed by atoms with Crippen LogP contribution in [0, 0.1) is 0 Å². The fraction of sp³-hybridized carbons (Fsp3) is 0.200. The molecule has 1 atom stereocenters. The van der Waals surface area contributed by atoms with Gasteiger partial charge in [-0.2, -0.15) is 0 Å². The Balaban J connectivity index is 2.34. The molecule has 0 amide bonds. The normalized spacial score (nSPS) is 9.93. The molecule has 1 aromatic rings. The quantitative estimate of drug-likeness (QED) is 0.616. The molecule has 2 nitrogen and oxygen atoms in total. The Morgan fingerprint density at radius 3 is 2.27 bits per heavy atom. The van der Waals surface area contributed by atoms with Crippen LogP contribution in [-0.2, 0) is 16.0 Å². The molecule has 0 heterocycles. The Morgan fingerprint density at radius 1 is 1.07 bits per heavy atom. The number of carbonyl (C=O) groups excluding carboxylic acids is 2. The molecular formula is C10H11O2PS2. The number of hydrogen-bond acceptors (Lipinski definition) is 4. The van der Waals surface area contributed by atoms with Crippen molar-refractivity contribution in [3.05, 3.63) is 35.9 Å². The topological polar surface area (TPSA) is 34.1 Å². The molecule has 5 heteroatoms. The standard InChI is InChI=1S/C10H11O2PS2/c11-9(14-15-10(12)7-13)6-8-4-2-1-3-5-8/h1-5H,6-7,13H2. The van der Waals surface area contributed by atoms with Crippen LogP contribution in [0.1, 0.15) is 5.56 Å². The summed E-state index contributed by atoms with van der Waals surface area (Å²) in [5.74, 6) is 0. The number of benzene rings is 1. The summed E-state index contributed by atoms with van der Waals surface area (Å²) in [5.41, 5.74) is 0.980. The van der Waals surface area contributed by atoms with E-state index in [1.54, 1.807) is 0 Å². The molecule has 15 heavy (non-hydrogen) atoms. The van der Waals surface area contributed by atoms with Gasteiger partial charge in [0.1, 0.15) is 0 Å². The molecule has 80 valence electrons. The maximum Gasteiger partial charge on any atom is 0.204 e. The molecule has 0 spiro atoms. The van der Waals surface area contributed by atoms with E-state index in [0.717, 1.165) is 27.2 Å². The van der Waals surface area contributed by atoms with Crippen LogP contribution in [0.15, 0.2) is 30.3 Å². The highest BCUT2D eigenvalue weighted by atomic mass is 33.1. The first kappa shape index (κ1) is 12.8. The summed E-state index contributed by atoms with van der Waals surface area (Å²) in [6.45, 7) is 0. The average Bonchev–Trinajstić information content (AvgIpc) is 2.27. The highest BCUT2D eigenvalue weighted by Crippen LogP contribution is 2.25. The first-order valence-corrected chi connectivity index (χ1v) is 7.33. The van der Waals surface area contributed by atoms with Crippen LogP contribution >= 0.6 is 30.8 Å². The van der Waals surface area contributed by atoms with E-state index in [-0.39, 0.29) is 10.2 Å². The predicted molar refractivity (Wildman–Crippen MR) is 69.9 cm³/mol. The lowest BCUT2D eigenvalue weighted by molar-refractivity contribution is -0.110. The van der Waals surface area contributed by atoms with E-state index in [1.807, 2.05) is 30.3 Å². The van der Waals surface area contributed by atoms with Crippen LogP contribution in [0.25, 0.3) is 0 Å². The van der Waals surface area contributed by atoms with Crippen LogP contribution in [0.2, 0.25) is 0 Å². The molecule has 0 radical (unpaired) electrons. The number of carbonyl (C=O) groups is 2. The molecule has 0 fully saturated rings. The van der Waals surface area contributed by atoms with E-state index in [1.165, 1.54) is 0 Å². The van der Waals surface area contributed by atoms with Crippen LogP contribution in [0.4, 0.5) is 0 Å². The van der Waals surface area contributed by atoms with Gasteiger partial charge in [0, 0.05) is 12.6 Å². The molecule has 1 unspecified atom stereocenters. The Hall–Kier alpha value is -0.310. The largest absolute Gasteiger partial charge is 0.286 e. The minimum Gasteiger partial charge on any atom is -0.286 e. The fourth-order valence-electron chi connectivity index (χ4n) is 0.919. The van der Waals surface area contributed by atoms with Crippen molar-refractivity contribution in [1.29, 1.82) is 0 Å². The van der Waals surface area contributed by atoms with Gasteiger partial charge in [-0.25, -0.2) is 0 Å². The summed E-state index contributed by atoms with van der Waals surface area (Å²) in [4.78, 5) is 22.4. The molecule has 1 rings (SSSR count). The summed E-state index contributed by atoms with van der Waals surface area (Å²) >= 11 is 0. The lowest BCUT2D eigenvalue weighted by Crippen LogP contribution is -1.97. The third-order valence-electron chi connectivity index (χ3n) is 1.59. The van der Waals surface area contributed by atoms with Gasteiger partial charge in [-0.05, 0) is 27.2 Å². The molecule has 0 saturated heterocycles. The third-order valence-corrected chi connectivity index (χ3v) is 4.38. The SMILES string of the molecule is O=C(CP)SSC(=O)Cc1ccccc1. The molecule has 0 aliphatic carbocycles. The van der Waals surface area contributed by atoms with Gasteiger partial charge in [0.15, 0.2) is 0 Å². The van der Waals surface area contributed by atoms with Crippen LogP contribution in [-0.4, -0.2) is 16.4 Å². The van der Waals surface area contributed by atoms with Crippen molar-refractivity contribution in [3.8, 4) is 0 Å².